The third-order valence-corrected chi connectivity index (χ3v) is 3.32. The van der Waals surface area contributed by atoms with Gasteiger partial charge in [0.05, 0.1) is 0 Å². The Balaban J connectivity index is 3.31. The van der Waals surface area contributed by atoms with Gasteiger partial charge in [0, 0.05) is 4.83 Å². The van der Waals surface area contributed by atoms with Gasteiger partial charge in [-0.25, -0.2) is 0 Å². The summed E-state index contributed by atoms with van der Waals surface area (Å²) in [6.45, 7) is 10.5. The second-order valence-electron chi connectivity index (χ2n) is 3.61. The second kappa shape index (κ2) is 5.82. The maximum absolute atomic E-state index is 3.88. The van der Waals surface area contributed by atoms with Crippen LogP contribution < -0.4 is 0 Å². The van der Waals surface area contributed by atoms with Gasteiger partial charge >= 0.3 is 0 Å². The first-order valence-corrected chi connectivity index (χ1v) is 5.24. The highest BCUT2D eigenvalue weighted by Gasteiger charge is 2.07. The predicted octanol–water partition coefficient (Wildman–Crippen LogP) is 4.15. The minimum Gasteiger partial charge on any atom is -0.100 e. The standard InChI is InChI=1S/C10H19Br/c1-8(2)6-5-7-10(11)9(3)4/h9-10H,1,5-7H2,2-4H3. The zero-order valence-corrected chi connectivity index (χ0v) is 9.45. The van der Waals surface area contributed by atoms with Crippen molar-refractivity contribution in [3.63, 3.8) is 0 Å². The molecule has 0 radical (unpaired) electrons. The van der Waals surface area contributed by atoms with E-state index in [4.69, 9.17) is 0 Å². The number of rotatable bonds is 5. The van der Waals surface area contributed by atoms with Gasteiger partial charge in [-0.3, -0.25) is 0 Å². The van der Waals surface area contributed by atoms with Crippen molar-refractivity contribution in [2.75, 3.05) is 0 Å². The molecule has 1 heteroatoms. The fourth-order valence-electron chi connectivity index (χ4n) is 0.932. The molecule has 0 aliphatic heterocycles. The molecule has 0 aromatic rings. The van der Waals surface area contributed by atoms with Crippen molar-refractivity contribution in [1.29, 1.82) is 0 Å². The average molecular weight is 219 g/mol. The van der Waals surface area contributed by atoms with Crippen LogP contribution in [0.3, 0.4) is 0 Å². The van der Waals surface area contributed by atoms with E-state index in [0.29, 0.717) is 4.83 Å². The van der Waals surface area contributed by atoms with Crippen LogP contribution >= 0.6 is 15.9 Å². The van der Waals surface area contributed by atoms with E-state index >= 15 is 0 Å². The van der Waals surface area contributed by atoms with Gasteiger partial charge in [0.2, 0.25) is 0 Å². The van der Waals surface area contributed by atoms with Crippen LogP contribution in [-0.2, 0) is 0 Å². The molecule has 0 amide bonds. The van der Waals surface area contributed by atoms with Gasteiger partial charge in [-0.15, -0.1) is 6.58 Å². The summed E-state index contributed by atoms with van der Waals surface area (Å²) in [7, 11) is 0. The monoisotopic (exact) mass is 218 g/mol. The van der Waals surface area contributed by atoms with E-state index in [0.717, 1.165) is 5.92 Å². The fraction of sp³-hybridized carbons (Fsp3) is 0.800. The number of halogens is 1. The molecule has 0 N–H and O–H groups in total. The van der Waals surface area contributed by atoms with Crippen molar-refractivity contribution in [3.05, 3.63) is 12.2 Å². The summed E-state index contributed by atoms with van der Waals surface area (Å²) in [6.07, 6.45) is 3.71. The number of hydrogen-bond acceptors (Lipinski definition) is 0. The molecule has 0 aromatic heterocycles. The molecule has 0 fully saturated rings. The first-order valence-electron chi connectivity index (χ1n) is 4.32. The van der Waals surface area contributed by atoms with E-state index in [9.17, 15) is 0 Å². The Hall–Kier alpha value is 0.220. The molecule has 66 valence electrons. The minimum atomic E-state index is 0.682. The molecule has 0 spiro atoms. The number of alkyl halides is 1. The molecule has 0 saturated carbocycles. The zero-order chi connectivity index (χ0) is 8.85. The van der Waals surface area contributed by atoms with Crippen molar-refractivity contribution in [1.82, 2.24) is 0 Å². The molecule has 1 atom stereocenters. The number of allylic oxidation sites excluding steroid dienone is 1. The van der Waals surface area contributed by atoms with Gasteiger partial charge in [-0.2, -0.15) is 0 Å². The quantitative estimate of drug-likeness (QED) is 0.481. The Morgan fingerprint density at radius 2 is 2.00 bits per heavy atom. The SMILES string of the molecule is C=C(C)CCCC(Br)C(C)C. The molecule has 0 aromatic carbocycles. The lowest BCUT2D eigenvalue weighted by molar-refractivity contribution is 0.562. The smallest absolute Gasteiger partial charge is 0.0168 e. The van der Waals surface area contributed by atoms with Crippen LogP contribution in [0, 0.1) is 5.92 Å². The first kappa shape index (κ1) is 11.2. The highest BCUT2D eigenvalue weighted by atomic mass is 79.9. The fourth-order valence-corrected chi connectivity index (χ4v) is 1.26. The molecule has 0 heterocycles. The molecule has 0 rings (SSSR count). The largest absolute Gasteiger partial charge is 0.100 e. The lowest BCUT2D eigenvalue weighted by Crippen LogP contribution is -2.06. The maximum Gasteiger partial charge on any atom is 0.0168 e. The third kappa shape index (κ3) is 6.61. The summed E-state index contributed by atoms with van der Waals surface area (Å²) in [5.74, 6) is 0.750. The van der Waals surface area contributed by atoms with Crippen LogP contribution in [0.4, 0.5) is 0 Å². The molecular weight excluding hydrogens is 200 g/mol. The topological polar surface area (TPSA) is 0 Å². The second-order valence-corrected chi connectivity index (χ2v) is 4.79. The summed E-state index contributed by atoms with van der Waals surface area (Å²) < 4.78 is 0. The molecular formula is C10H19Br. The Kier molecular flexibility index (Phi) is 5.93. The summed E-state index contributed by atoms with van der Waals surface area (Å²) >= 11 is 3.66. The summed E-state index contributed by atoms with van der Waals surface area (Å²) in [5.41, 5.74) is 1.30. The normalized spacial score (nSPS) is 13.5. The van der Waals surface area contributed by atoms with Crippen LogP contribution in [0.5, 0.6) is 0 Å². The van der Waals surface area contributed by atoms with E-state index in [-0.39, 0.29) is 0 Å². The first-order chi connectivity index (χ1) is 5.04. The van der Waals surface area contributed by atoms with E-state index < -0.39 is 0 Å². The van der Waals surface area contributed by atoms with Gasteiger partial charge in [0.15, 0.2) is 0 Å². The Morgan fingerprint density at radius 1 is 1.45 bits per heavy atom. The van der Waals surface area contributed by atoms with Crippen molar-refractivity contribution in [3.8, 4) is 0 Å². The van der Waals surface area contributed by atoms with Gasteiger partial charge in [0.25, 0.3) is 0 Å². The van der Waals surface area contributed by atoms with Crippen LogP contribution in [0.15, 0.2) is 12.2 Å². The van der Waals surface area contributed by atoms with Gasteiger partial charge in [0.1, 0.15) is 0 Å². The van der Waals surface area contributed by atoms with E-state index in [1.807, 2.05) is 0 Å². The van der Waals surface area contributed by atoms with Crippen LogP contribution in [0.2, 0.25) is 0 Å². The zero-order valence-electron chi connectivity index (χ0n) is 7.86. The lowest BCUT2D eigenvalue weighted by Gasteiger charge is -2.12. The number of hydrogen-bond donors (Lipinski definition) is 0. The molecule has 0 aliphatic rings. The highest BCUT2D eigenvalue weighted by molar-refractivity contribution is 9.09. The summed E-state index contributed by atoms with van der Waals surface area (Å²) in [4.78, 5) is 0.682. The van der Waals surface area contributed by atoms with Gasteiger partial charge in [-0.05, 0) is 32.1 Å². The molecule has 0 aliphatic carbocycles. The van der Waals surface area contributed by atoms with Gasteiger partial charge in [-0.1, -0.05) is 35.4 Å². The van der Waals surface area contributed by atoms with E-state index in [1.165, 1.54) is 24.8 Å². The summed E-state index contributed by atoms with van der Waals surface area (Å²) in [6, 6.07) is 0. The Labute approximate surface area is 79.2 Å². The predicted molar refractivity (Wildman–Crippen MR) is 56.2 cm³/mol. The van der Waals surface area contributed by atoms with Crippen molar-refractivity contribution < 1.29 is 0 Å². The average Bonchev–Trinajstić information content (AvgIpc) is 1.86. The van der Waals surface area contributed by atoms with Gasteiger partial charge < -0.3 is 0 Å². The molecule has 0 nitrogen and oxygen atoms in total. The molecule has 0 saturated heterocycles. The molecule has 1 unspecified atom stereocenters. The maximum atomic E-state index is 3.88. The summed E-state index contributed by atoms with van der Waals surface area (Å²) in [5, 5.41) is 0. The highest BCUT2D eigenvalue weighted by Crippen LogP contribution is 2.19. The van der Waals surface area contributed by atoms with Crippen LogP contribution in [-0.4, -0.2) is 4.83 Å². The Morgan fingerprint density at radius 3 is 2.36 bits per heavy atom. The van der Waals surface area contributed by atoms with Crippen LogP contribution in [0.1, 0.15) is 40.0 Å². The van der Waals surface area contributed by atoms with E-state index in [2.05, 4.69) is 43.3 Å². The minimum absolute atomic E-state index is 0.682. The molecule has 0 bridgehead atoms. The lowest BCUT2D eigenvalue weighted by atomic mass is 10.0. The Bertz CT molecular complexity index is 116. The van der Waals surface area contributed by atoms with Crippen molar-refractivity contribution >= 4 is 15.9 Å². The van der Waals surface area contributed by atoms with Crippen molar-refractivity contribution in [2.45, 2.75) is 44.9 Å². The van der Waals surface area contributed by atoms with E-state index in [1.54, 1.807) is 0 Å². The molecule has 11 heavy (non-hydrogen) atoms. The van der Waals surface area contributed by atoms with Crippen LogP contribution in [0.25, 0.3) is 0 Å². The van der Waals surface area contributed by atoms with Crippen molar-refractivity contribution in [2.24, 2.45) is 5.92 Å². The third-order valence-electron chi connectivity index (χ3n) is 1.81.